The lowest BCUT2D eigenvalue weighted by Gasteiger charge is -2.11. The number of carbonyl (C=O) groups excluding carboxylic acids is 1. The van der Waals surface area contributed by atoms with E-state index < -0.39 is 5.91 Å². The number of thiophene rings is 1. The highest BCUT2D eigenvalue weighted by molar-refractivity contribution is 7.17. The number of nitrogens with zero attached hydrogens (tertiary/aromatic N) is 3. The van der Waals surface area contributed by atoms with Crippen LogP contribution in [0.25, 0.3) is 21.3 Å². The first-order valence-electron chi connectivity index (χ1n) is 10.8. The molecule has 1 N–H and O–H groups in total. The van der Waals surface area contributed by atoms with Crippen LogP contribution >= 0.6 is 11.3 Å². The van der Waals surface area contributed by atoms with Gasteiger partial charge < -0.3 is 9.47 Å². The molecule has 4 rings (SSSR count). The minimum Gasteiger partial charge on any atom is -0.490 e. The van der Waals surface area contributed by atoms with Crippen molar-refractivity contribution in [3.63, 3.8) is 0 Å². The molecule has 0 radical (unpaired) electrons. The Hall–Kier alpha value is -3.98. The number of fused-ring (bicyclic) bond motifs is 1. The average Bonchev–Trinajstić information content (AvgIpc) is 3.28. The molecule has 0 spiro atoms. The van der Waals surface area contributed by atoms with Gasteiger partial charge in [-0.3, -0.25) is 14.2 Å². The van der Waals surface area contributed by atoms with Crippen LogP contribution < -0.4 is 20.5 Å². The maximum Gasteiger partial charge on any atom is 0.263 e. The minimum absolute atomic E-state index is 0.198. The van der Waals surface area contributed by atoms with Crippen LogP contribution in [-0.2, 0) is 11.3 Å². The van der Waals surface area contributed by atoms with Crippen LogP contribution in [0.3, 0.4) is 0 Å². The van der Waals surface area contributed by atoms with Gasteiger partial charge in [0.05, 0.1) is 31.1 Å². The smallest absolute Gasteiger partial charge is 0.263 e. The normalized spacial score (nSPS) is 11.1. The molecule has 34 heavy (non-hydrogen) atoms. The molecule has 174 valence electrons. The van der Waals surface area contributed by atoms with Gasteiger partial charge in [0.15, 0.2) is 11.5 Å². The number of carbonyl (C=O) groups is 1. The number of nitrogens with one attached hydrogen (secondary N) is 1. The molecule has 0 saturated carbocycles. The van der Waals surface area contributed by atoms with Crippen molar-refractivity contribution in [3.8, 4) is 22.6 Å². The molecule has 0 aliphatic rings. The van der Waals surface area contributed by atoms with E-state index in [4.69, 9.17) is 9.47 Å². The second-order valence-corrected chi connectivity index (χ2v) is 8.10. The summed E-state index contributed by atoms with van der Waals surface area (Å²) in [5, 5.41) is 6.43. The molecule has 2 aromatic carbocycles. The predicted molar refractivity (Wildman–Crippen MR) is 134 cm³/mol. The van der Waals surface area contributed by atoms with Gasteiger partial charge in [-0.15, -0.1) is 11.3 Å². The van der Waals surface area contributed by atoms with Crippen LogP contribution in [0.4, 0.5) is 0 Å². The van der Waals surface area contributed by atoms with Crippen LogP contribution in [0.15, 0.2) is 70.1 Å². The first-order chi connectivity index (χ1) is 16.6. The average molecular weight is 477 g/mol. The quantitative estimate of drug-likeness (QED) is 0.290. The molecule has 2 aromatic heterocycles. The molecule has 1 amide bonds. The van der Waals surface area contributed by atoms with Crippen molar-refractivity contribution in [2.75, 3.05) is 13.2 Å². The summed E-state index contributed by atoms with van der Waals surface area (Å²) >= 11 is 1.40. The van der Waals surface area contributed by atoms with Crippen molar-refractivity contribution in [3.05, 3.63) is 76.2 Å². The standard InChI is InChI=1S/C25H24N4O4S/c1-3-32-20-11-10-17(12-21(20)33-4-2)13-27-28-22(30)14-29-16-26-24-23(25(29)31)19(15-34-24)18-8-6-5-7-9-18/h5-13,15-16H,3-4,14H2,1-2H3,(H,28,30). The third-order valence-corrected chi connectivity index (χ3v) is 5.82. The van der Waals surface area contributed by atoms with Gasteiger partial charge in [0.2, 0.25) is 0 Å². The Labute approximate surface area is 200 Å². The number of rotatable bonds is 9. The Morgan fingerprint density at radius 1 is 1.12 bits per heavy atom. The number of hydrogen-bond acceptors (Lipinski definition) is 7. The Balaban J connectivity index is 1.48. The van der Waals surface area contributed by atoms with Crippen LogP contribution in [0.1, 0.15) is 19.4 Å². The summed E-state index contributed by atoms with van der Waals surface area (Å²) in [6.45, 7) is 4.63. The van der Waals surface area contributed by atoms with Crippen LogP contribution in [0.5, 0.6) is 11.5 Å². The highest BCUT2D eigenvalue weighted by Crippen LogP contribution is 2.30. The molecule has 4 aromatic rings. The summed E-state index contributed by atoms with van der Waals surface area (Å²) in [5.41, 5.74) is 4.67. The van der Waals surface area contributed by atoms with E-state index in [2.05, 4.69) is 15.5 Å². The van der Waals surface area contributed by atoms with Gasteiger partial charge in [-0.25, -0.2) is 10.4 Å². The van der Waals surface area contributed by atoms with Gasteiger partial charge in [0.25, 0.3) is 11.5 Å². The molecule has 0 fully saturated rings. The Morgan fingerprint density at radius 3 is 2.65 bits per heavy atom. The third kappa shape index (κ3) is 5.15. The topological polar surface area (TPSA) is 94.8 Å². The number of hydrazone groups is 1. The van der Waals surface area contributed by atoms with Crippen molar-refractivity contribution < 1.29 is 14.3 Å². The molecule has 0 atom stereocenters. The molecule has 0 saturated heterocycles. The second kappa shape index (κ2) is 10.8. The molecule has 8 nitrogen and oxygen atoms in total. The summed E-state index contributed by atoms with van der Waals surface area (Å²) in [6, 6.07) is 15.0. The zero-order valence-electron chi connectivity index (χ0n) is 18.9. The number of benzene rings is 2. The van der Waals surface area contributed by atoms with Gasteiger partial charge in [-0.05, 0) is 43.2 Å². The molecule has 0 unspecified atom stereocenters. The van der Waals surface area contributed by atoms with Gasteiger partial charge >= 0.3 is 0 Å². The molecule has 0 aliphatic carbocycles. The van der Waals surface area contributed by atoms with Crippen LogP contribution in [0.2, 0.25) is 0 Å². The largest absolute Gasteiger partial charge is 0.490 e. The fourth-order valence-electron chi connectivity index (χ4n) is 3.43. The highest BCUT2D eigenvalue weighted by atomic mass is 32.1. The molecule has 2 heterocycles. The van der Waals surface area contributed by atoms with E-state index >= 15 is 0 Å². The number of ether oxygens (including phenoxy) is 2. The van der Waals surface area contributed by atoms with E-state index in [1.54, 1.807) is 12.1 Å². The van der Waals surface area contributed by atoms with Crippen molar-refractivity contribution in [2.24, 2.45) is 5.10 Å². The van der Waals surface area contributed by atoms with Gasteiger partial charge in [0.1, 0.15) is 11.4 Å². The van der Waals surface area contributed by atoms with Gasteiger partial charge in [-0.1, -0.05) is 30.3 Å². The molecule has 0 bridgehead atoms. The Morgan fingerprint density at radius 2 is 1.88 bits per heavy atom. The van der Waals surface area contributed by atoms with Gasteiger partial charge in [0, 0.05) is 10.9 Å². The molecule has 9 heteroatoms. The Bertz CT molecular complexity index is 1380. The third-order valence-electron chi connectivity index (χ3n) is 4.93. The van der Waals surface area contributed by atoms with E-state index in [0.717, 1.165) is 16.7 Å². The molecule has 0 aliphatic heterocycles. The van der Waals surface area contributed by atoms with Crippen molar-refractivity contribution in [1.82, 2.24) is 15.0 Å². The Kier molecular flexibility index (Phi) is 7.34. The summed E-state index contributed by atoms with van der Waals surface area (Å²) in [7, 11) is 0. The fourth-order valence-corrected chi connectivity index (χ4v) is 4.33. The lowest BCUT2D eigenvalue weighted by atomic mass is 10.1. The van der Waals surface area contributed by atoms with Crippen molar-refractivity contribution >= 4 is 33.7 Å². The lowest BCUT2D eigenvalue weighted by Crippen LogP contribution is -2.30. The summed E-state index contributed by atoms with van der Waals surface area (Å²) in [5.74, 6) is 0.818. The highest BCUT2D eigenvalue weighted by Gasteiger charge is 2.14. The van der Waals surface area contributed by atoms with Crippen molar-refractivity contribution in [1.29, 1.82) is 0 Å². The van der Waals surface area contributed by atoms with E-state index in [9.17, 15) is 9.59 Å². The van der Waals surface area contributed by atoms with Gasteiger partial charge in [-0.2, -0.15) is 5.10 Å². The summed E-state index contributed by atoms with van der Waals surface area (Å²) < 4.78 is 12.4. The monoisotopic (exact) mass is 476 g/mol. The first kappa shape index (κ1) is 23.2. The summed E-state index contributed by atoms with van der Waals surface area (Å²) in [4.78, 5) is 30.5. The fraction of sp³-hybridized carbons (Fsp3) is 0.200. The number of aromatic nitrogens is 2. The van der Waals surface area contributed by atoms with Crippen LogP contribution in [0, 0.1) is 0 Å². The lowest BCUT2D eigenvalue weighted by molar-refractivity contribution is -0.121. The molecular formula is C25H24N4O4S. The molecular weight excluding hydrogens is 452 g/mol. The number of amides is 1. The maximum atomic E-state index is 13.1. The minimum atomic E-state index is -0.438. The van der Waals surface area contributed by atoms with E-state index in [0.29, 0.717) is 34.9 Å². The second-order valence-electron chi connectivity index (χ2n) is 7.24. The number of hydrogen-bond donors (Lipinski definition) is 1. The zero-order chi connectivity index (χ0) is 23.9. The first-order valence-corrected chi connectivity index (χ1v) is 11.7. The predicted octanol–water partition coefficient (Wildman–Crippen LogP) is 4.07. The van der Waals surface area contributed by atoms with Crippen molar-refractivity contribution in [2.45, 2.75) is 20.4 Å². The summed E-state index contributed by atoms with van der Waals surface area (Å²) in [6.07, 6.45) is 2.90. The zero-order valence-corrected chi connectivity index (χ0v) is 19.7. The van der Waals surface area contributed by atoms with E-state index in [1.165, 1.54) is 28.4 Å². The SMILES string of the molecule is CCOc1ccc(C=NNC(=O)Cn2cnc3scc(-c4ccccc4)c3c2=O)cc1OCC. The van der Waals surface area contributed by atoms with E-state index in [1.807, 2.05) is 55.6 Å². The maximum absolute atomic E-state index is 13.1. The van der Waals surface area contributed by atoms with Crippen LogP contribution in [-0.4, -0.2) is 34.9 Å². The van der Waals surface area contributed by atoms with E-state index in [-0.39, 0.29) is 12.1 Å².